The van der Waals surface area contributed by atoms with Gasteiger partial charge in [-0.1, -0.05) is 0 Å². The zero-order valence-electron chi connectivity index (χ0n) is 10.4. The summed E-state index contributed by atoms with van der Waals surface area (Å²) < 4.78 is 1.84. The monoisotopic (exact) mass is 266 g/mol. The van der Waals surface area contributed by atoms with Crippen molar-refractivity contribution in [1.29, 1.82) is 0 Å². The van der Waals surface area contributed by atoms with Crippen molar-refractivity contribution < 1.29 is 4.79 Å². The molecule has 2 rings (SSSR count). The molecule has 96 valence electrons. The van der Waals surface area contributed by atoms with Gasteiger partial charge in [0.1, 0.15) is 16.9 Å². The number of primary amides is 1. The summed E-state index contributed by atoms with van der Waals surface area (Å²) in [6.45, 7) is 3.54. The third-order valence-corrected chi connectivity index (χ3v) is 3.20. The summed E-state index contributed by atoms with van der Waals surface area (Å²) in [5.74, 6) is 0.775. The van der Waals surface area contributed by atoms with Gasteiger partial charge in [0.15, 0.2) is 0 Å². The van der Waals surface area contributed by atoms with Crippen molar-refractivity contribution in [2.75, 3.05) is 5.88 Å². The fourth-order valence-electron chi connectivity index (χ4n) is 1.97. The molecule has 0 atom stereocenters. The van der Waals surface area contributed by atoms with Crippen LogP contribution in [-0.4, -0.2) is 26.3 Å². The largest absolute Gasteiger partial charge is 0.368 e. The fraction of sp³-hybridized carbons (Fsp3) is 0.417. The third-order valence-electron chi connectivity index (χ3n) is 3.01. The topological polar surface area (TPSA) is 73.8 Å². The lowest BCUT2D eigenvalue weighted by molar-refractivity contribution is -0.125. The lowest BCUT2D eigenvalue weighted by Gasteiger charge is -2.25. The number of pyridine rings is 1. The molecule has 18 heavy (non-hydrogen) atoms. The van der Waals surface area contributed by atoms with Crippen LogP contribution in [0, 0.1) is 0 Å². The van der Waals surface area contributed by atoms with Gasteiger partial charge >= 0.3 is 0 Å². The second kappa shape index (κ2) is 4.57. The molecule has 0 aliphatic rings. The minimum Gasteiger partial charge on any atom is -0.368 e. The number of aromatic nitrogens is 3. The molecule has 0 aromatic carbocycles. The second-order valence-electron chi connectivity index (χ2n) is 4.59. The molecule has 0 radical (unpaired) electrons. The van der Waals surface area contributed by atoms with Crippen LogP contribution in [0.5, 0.6) is 0 Å². The normalized spacial score (nSPS) is 11.9. The number of carbonyl (C=O) groups excluding carboxylic acids is 1. The maximum Gasteiger partial charge on any atom is 0.243 e. The van der Waals surface area contributed by atoms with Crippen molar-refractivity contribution in [1.82, 2.24) is 14.5 Å². The van der Waals surface area contributed by atoms with Gasteiger partial charge in [0, 0.05) is 18.5 Å². The molecule has 0 spiro atoms. The Hall–Kier alpha value is -1.62. The van der Waals surface area contributed by atoms with E-state index in [1.54, 1.807) is 26.2 Å². The van der Waals surface area contributed by atoms with E-state index < -0.39 is 11.4 Å². The van der Waals surface area contributed by atoms with Gasteiger partial charge in [-0.2, -0.15) is 0 Å². The van der Waals surface area contributed by atoms with E-state index in [1.165, 1.54) is 0 Å². The summed E-state index contributed by atoms with van der Waals surface area (Å²) in [5, 5.41) is 0. The molecule has 5 nitrogen and oxygen atoms in total. The Labute approximate surface area is 110 Å². The Morgan fingerprint density at radius 1 is 1.56 bits per heavy atom. The average Bonchev–Trinajstić information content (AvgIpc) is 2.67. The summed E-state index contributed by atoms with van der Waals surface area (Å²) >= 11 is 5.78. The molecule has 0 bridgehead atoms. The van der Waals surface area contributed by atoms with E-state index in [0.29, 0.717) is 12.3 Å². The van der Waals surface area contributed by atoms with E-state index >= 15 is 0 Å². The van der Waals surface area contributed by atoms with Crippen LogP contribution in [-0.2, 0) is 16.8 Å². The molecule has 0 saturated carbocycles. The highest BCUT2D eigenvalue weighted by molar-refractivity contribution is 6.17. The van der Waals surface area contributed by atoms with E-state index in [9.17, 15) is 4.79 Å². The van der Waals surface area contributed by atoms with Crippen molar-refractivity contribution in [2.24, 2.45) is 5.73 Å². The minimum atomic E-state index is -0.850. The Bertz CT molecular complexity index is 591. The van der Waals surface area contributed by atoms with Crippen molar-refractivity contribution >= 4 is 28.5 Å². The Kier molecular flexibility index (Phi) is 3.26. The fourth-order valence-corrected chi connectivity index (χ4v) is 2.14. The van der Waals surface area contributed by atoms with Crippen LogP contribution in [0.25, 0.3) is 11.0 Å². The van der Waals surface area contributed by atoms with Crippen molar-refractivity contribution in [3.8, 4) is 0 Å². The number of nitrogens with zero attached hydrogens (tertiary/aromatic N) is 3. The van der Waals surface area contributed by atoms with Crippen molar-refractivity contribution in [2.45, 2.75) is 25.8 Å². The number of amides is 1. The first kappa shape index (κ1) is 12.8. The van der Waals surface area contributed by atoms with Gasteiger partial charge in [-0.3, -0.25) is 9.78 Å². The number of hydrogen-bond acceptors (Lipinski definition) is 3. The number of nitrogens with two attached hydrogens (primary N) is 1. The Balaban J connectivity index is 2.73. The predicted octanol–water partition coefficient (Wildman–Crippen LogP) is 1.43. The first-order valence-electron chi connectivity index (χ1n) is 5.66. The van der Waals surface area contributed by atoms with Gasteiger partial charge in [-0.25, -0.2) is 4.98 Å². The van der Waals surface area contributed by atoms with Crippen LogP contribution in [0.3, 0.4) is 0 Å². The molecule has 6 heteroatoms. The summed E-state index contributed by atoms with van der Waals surface area (Å²) in [6, 6.07) is 1.82. The van der Waals surface area contributed by atoms with Gasteiger partial charge in [0.2, 0.25) is 5.91 Å². The standard InChI is InChI=1S/C12H15ClN4O/c1-12(2,11(14)18)17-9-4-6-15-7-8(9)16-10(17)3-5-13/h4,6-7H,3,5H2,1-2H3,(H2,14,18). The van der Waals surface area contributed by atoms with Crippen LogP contribution >= 0.6 is 11.6 Å². The number of hydrogen-bond donors (Lipinski definition) is 1. The molecule has 0 aliphatic heterocycles. The van der Waals surface area contributed by atoms with Crippen LogP contribution in [0.15, 0.2) is 18.5 Å². The van der Waals surface area contributed by atoms with Gasteiger partial charge < -0.3 is 10.3 Å². The number of rotatable bonds is 4. The van der Waals surface area contributed by atoms with Gasteiger partial charge in [-0.15, -0.1) is 11.6 Å². The Morgan fingerprint density at radius 2 is 2.28 bits per heavy atom. The highest BCUT2D eigenvalue weighted by atomic mass is 35.5. The lowest BCUT2D eigenvalue weighted by Crippen LogP contribution is -2.42. The maximum atomic E-state index is 11.6. The van der Waals surface area contributed by atoms with Gasteiger partial charge in [-0.05, 0) is 19.9 Å². The SMILES string of the molecule is CC(C)(C(N)=O)n1c(CCCl)nc2cnccc21. The van der Waals surface area contributed by atoms with E-state index in [4.69, 9.17) is 17.3 Å². The molecular weight excluding hydrogens is 252 g/mol. The summed E-state index contributed by atoms with van der Waals surface area (Å²) in [7, 11) is 0. The lowest BCUT2D eigenvalue weighted by atomic mass is 10.0. The molecule has 0 unspecified atom stereocenters. The zero-order valence-corrected chi connectivity index (χ0v) is 11.1. The number of aryl methyl sites for hydroxylation is 1. The number of alkyl halides is 1. The molecule has 0 fully saturated rings. The van der Waals surface area contributed by atoms with Gasteiger partial charge in [0.25, 0.3) is 0 Å². The first-order chi connectivity index (χ1) is 8.48. The number of fused-ring (bicyclic) bond motifs is 1. The number of imidazole rings is 1. The Morgan fingerprint density at radius 3 is 2.89 bits per heavy atom. The van der Waals surface area contributed by atoms with Crippen molar-refractivity contribution in [3.63, 3.8) is 0 Å². The summed E-state index contributed by atoms with van der Waals surface area (Å²) in [5.41, 5.74) is 6.22. The van der Waals surface area contributed by atoms with Crippen LogP contribution in [0.2, 0.25) is 0 Å². The highest BCUT2D eigenvalue weighted by Gasteiger charge is 2.31. The smallest absolute Gasteiger partial charge is 0.243 e. The van der Waals surface area contributed by atoms with Gasteiger partial charge in [0.05, 0.1) is 11.7 Å². The third kappa shape index (κ3) is 1.95. The van der Waals surface area contributed by atoms with E-state index in [-0.39, 0.29) is 0 Å². The zero-order chi connectivity index (χ0) is 13.3. The molecule has 2 aromatic rings. The number of halogens is 1. The molecule has 2 N–H and O–H groups in total. The average molecular weight is 267 g/mol. The van der Waals surface area contributed by atoms with Crippen LogP contribution in [0.1, 0.15) is 19.7 Å². The van der Waals surface area contributed by atoms with E-state index in [0.717, 1.165) is 16.9 Å². The quantitative estimate of drug-likeness (QED) is 0.851. The maximum absolute atomic E-state index is 11.6. The molecule has 0 saturated heterocycles. The molecule has 1 amide bonds. The van der Waals surface area contributed by atoms with Crippen LogP contribution < -0.4 is 5.73 Å². The highest BCUT2D eigenvalue weighted by Crippen LogP contribution is 2.25. The predicted molar refractivity (Wildman–Crippen MR) is 70.5 cm³/mol. The molecular formula is C12H15ClN4O. The molecule has 2 aromatic heterocycles. The second-order valence-corrected chi connectivity index (χ2v) is 4.97. The minimum absolute atomic E-state index is 0.408. The van der Waals surface area contributed by atoms with Crippen LogP contribution in [0.4, 0.5) is 0 Å². The van der Waals surface area contributed by atoms with E-state index in [2.05, 4.69) is 9.97 Å². The number of carbonyl (C=O) groups is 1. The van der Waals surface area contributed by atoms with E-state index in [1.807, 2.05) is 10.6 Å². The first-order valence-corrected chi connectivity index (χ1v) is 6.19. The van der Waals surface area contributed by atoms with Crippen molar-refractivity contribution in [3.05, 3.63) is 24.3 Å². The molecule has 2 heterocycles. The molecule has 0 aliphatic carbocycles. The summed E-state index contributed by atoms with van der Waals surface area (Å²) in [4.78, 5) is 20.1. The summed E-state index contributed by atoms with van der Waals surface area (Å²) in [6.07, 6.45) is 3.91.